The number of rotatable bonds is 5. The van der Waals surface area contributed by atoms with Crippen LogP contribution in [0.25, 0.3) is 11.0 Å². The minimum absolute atomic E-state index is 0.0430. The minimum atomic E-state index is -0.396. The van der Waals surface area contributed by atoms with Gasteiger partial charge in [-0.3, -0.25) is 14.5 Å². The Morgan fingerprint density at radius 1 is 1.15 bits per heavy atom. The molecule has 3 aromatic rings. The molecule has 33 heavy (non-hydrogen) atoms. The van der Waals surface area contributed by atoms with E-state index in [0.29, 0.717) is 37.6 Å². The normalized spacial score (nSPS) is 21.3. The van der Waals surface area contributed by atoms with Gasteiger partial charge in [0.2, 0.25) is 5.91 Å². The number of anilines is 2. The van der Waals surface area contributed by atoms with E-state index in [2.05, 4.69) is 15.6 Å². The number of carbonyl (C=O) groups excluding carboxylic acids is 2. The van der Waals surface area contributed by atoms with E-state index in [4.69, 9.17) is 4.74 Å². The van der Waals surface area contributed by atoms with Crippen molar-refractivity contribution in [2.24, 2.45) is 0 Å². The van der Waals surface area contributed by atoms with E-state index in [1.807, 2.05) is 36.4 Å². The Balaban J connectivity index is 1.10. The minimum Gasteiger partial charge on any atom is -0.443 e. The Morgan fingerprint density at radius 3 is 2.97 bits per heavy atom. The molecule has 1 unspecified atom stereocenters. The van der Waals surface area contributed by atoms with Crippen molar-refractivity contribution in [2.75, 3.05) is 35.6 Å². The zero-order chi connectivity index (χ0) is 22.5. The number of cyclic esters (lactones) is 1. The molecule has 3 aliphatic heterocycles. The van der Waals surface area contributed by atoms with Crippen LogP contribution in [0.3, 0.4) is 0 Å². The number of benzene rings is 2. The van der Waals surface area contributed by atoms with Crippen LogP contribution in [0.4, 0.5) is 16.2 Å². The number of nitrogens with zero attached hydrogens (tertiary/aromatic N) is 3. The summed E-state index contributed by atoms with van der Waals surface area (Å²) in [6.45, 7) is 2.21. The lowest BCUT2D eigenvalue weighted by Gasteiger charge is -2.20. The fraction of sp³-hybridized carbons (Fsp3) is 0.304. The SMILES string of the molecule is O=C1CSc2ccc(N3C[C@H](CNCC4Cn5c(=O)cnc6cccc4c65)OC3=O)cc2N1. The number of ether oxygens (including phenoxy) is 1. The largest absolute Gasteiger partial charge is 0.443 e. The van der Waals surface area contributed by atoms with Gasteiger partial charge in [-0.05, 0) is 29.8 Å². The summed E-state index contributed by atoms with van der Waals surface area (Å²) >= 11 is 1.49. The third-order valence-corrected chi connectivity index (χ3v) is 7.36. The van der Waals surface area contributed by atoms with Crippen molar-refractivity contribution in [3.63, 3.8) is 0 Å². The molecule has 4 heterocycles. The first-order chi connectivity index (χ1) is 16.1. The smallest absolute Gasteiger partial charge is 0.414 e. The second-order valence-corrected chi connectivity index (χ2v) is 9.43. The summed E-state index contributed by atoms with van der Waals surface area (Å²) in [7, 11) is 0. The number of carbonyl (C=O) groups is 2. The van der Waals surface area contributed by atoms with Gasteiger partial charge in [0.05, 0.1) is 35.2 Å². The van der Waals surface area contributed by atoms with Gasteiger partial charge in [-0.2, -0.15) is 0 Å². The first kappa shape index (κ1) is 20.3. The molecule has 168 valence electrons. The maximum Gasteiger partial charge on any atom is 0.414 e. The number of amides is 2. The average molecular weight is 464 g/mol. The quantitative estimate of drug-likeness (QED) is 0.597. The molecule has 0 radical (unpaired) electrons. The van der Waals surface area contributed by atoms with Crippen molar-refractivity contribution in [1.82, 2.24) is 14.9 Å². The predicted molar refractivity (Wildman–Crippen MR) is 125 cm³/mol. The molecule has 0 spiro atoms. The van der Waals surface area contributed by atoms with Gasteiger partial charge in [0, 0.05) is 36.1 Å². The van der Waals surface area contributed by atoms with Gasteiger partial charge < -0.3 is 19.9 Å². The summed E-state index contributed by atoms with van der Waals surface area (Å²) in [4.78, 5) is 43.2. The van der Waals surface area contributed by atoms with Crippen LogP contribution < -0.4 is 21.1 Å². The summed E-state index contributed by atoms with van der Waals surface area (Å²) in [5, 5.41) is 6.27. The Hall–Kier alpha value is -3.37. The molecule has 3 aliphatic rings. The third-order valence-electron chi connectivity index (χ3n) is 6.28. The van der Waals surface area contributed by atoms with Gasteiger partial charge in [0.1, 0.15) is 6.10 Å². The molecule has 0 saturated carbocycles. The average Bonchev–Trinajstić information content (AvgIpc) is 3.38. The van der Waals surface area contributed by atoms with E-state index in [9.17, 15) is 14.4 Å². The van der Waals surface area contributed by atoms with E-state index in [1.165, 1.54) is 18.0 Å². The molecule has 6 rings (SSSR count). The van der Waals surface area contributed by atoms with Gasteiger partial charge in [0.25, 0.3) is 5.56 Å². The van der Waals surface area contributed by atoms with Crippen molar-refractivity contribution >= 4 is 46.2 Å². The van der Waals surface area contributed by atoms with E-state index in [-0.39, 0.29) is 23.5 Å². The summed E-state index contributed by atoms with van der Waals surface area (Å²) in [5.41, 5.74) is 4.20. The summed E-state index contributed by atoms with van der Waals surface area (Å²) in [6, 6.07) is 11.5. The highest BCUT2D eigenvalue weighted by Gasteiger charge is 2.33. The molecular weight excluding hydrogens is 442 g/mol. The molecular formula is C23H21N5O4S. The second kappa shape index (κ2) is 7.89. The highest BCUT2D eigenvalue weighted by Crippen LogP contribution is 2.35. The lowest BCUT2D eigenvalue weighted by atomic mass is 10.0. The number of para-hydroxylation sites is 1. The summed E-state index contributed by atoms with van der Waals surface area (Å²) in [6.07, 6.45) is 0.688. The van der Waals surface area contributed by atoms with Crippen molar-refractivity contribution < 1.29 is 14.3 Å². The molecule has 2 atom stereocenters. The van der Waals surface area contributed by atoms with Crippen LogP contribution in [0.15, 0.2) is 52.3 Å². The monoisotopic (exact) mass is 463 g/mol. The number of hydrogen-bond acceptors (Lipinski definition) is 7. The Bertz CT molecular complexity index is 1360. The predicted octanol–water partition coefficient (Wildman–Crippen LogP) is 2.15. The first-order valence-corrected chi connectivity index (χ1v) is 11.8. The van der Waals surface area contributed by atoms with Crippen LogP contribution >= 0.6 is 11.8 Å². The van der Waals surface area contributed by atoms with Gasteiger partial charge in [-0.15, -0.1) is 11.8 Å². The Morgan fingerprint density at radius 2 is 2.06 bits per heavy atom. The van der Waals surface area contributed by atoms with Crippen molar-refractivity contribution in [3.05, 3.63) is 58.5 Å². The zero-order valence-electron chi connectivity index (χ0n) is 17.6. The molecule has 9 nitrogen and oxygen atoms in total. The van der Waals surface area contributed by atoms with Crippen LogP contribution in [-0.2, 0) is 16.1 Å². The van der Waals surface area contributed by atoms with Crippen molar-refractivity contribution in [2.45, 2.75) is 23.5 Å². The van der Waals surface area contributed by atoms with E-state index < -0.39 is 6.09 Å². The maximum atomic E-state index is 12.5. The Labute approximate surface area is 193 Å². The maximum absolute atomic E-state index is 12.5. The molecule has 1 aromatic heterocycles. The number of aromatic nitrogens is 2. The van der Waals surface area contributed by atoms with Crippen molar-refractivity contribution in [1.29, 1.82) is 0 Å². The van der Waals surface area contributed by atoms with Crippen LogP contribution in [0.5, 0.6) is 0 Å². The molecule has 1 fully saturated rings. The van der Waals surface area contributed by atoms with E-state index in [0.717, 1.165) is 27.2 Å². The summed E-state index contributed by atoms with van der Waals surface area (Å²) in [5.74, 6) is 0.511. The fourth-order valence-electron chi connectivity index (χ4n) is 4.75. The summed E-state index contributed by atoms with van der Waals surface area (Å²) < 4.78 is 7.35. The topological polar surface area (TPSA) is 106 Å². The van der Waals surface area contributed by atoms with Crippen molar-refractivity contribution in [3.8, 4) is 0 Å². The van der Waals surface area contributed by atoms with Gasteiger partial charge in [0.15, 0.2) is 0 Å². The molecule has 10 heteroatoms. The highest BCUT2D eigenvalue weighted by molar-refractivity contribution is 8.00. The standard InChI is InChI=1S/C23H21N5O4S/c29-20-12-33-19-5-4-14(6-18(19)26-20)27-11-15(32-23(27)31)8-24-7-13-10-28-21(30)9-25-17-3-1-2-16(13)22(17)28/h1-6,9,13,15,24H,7-8,10-12H2,(H,26,29)/t13?,15-/m0/s1. The number of nitrogens with one attached hydrogen (secondary N) is 2. The molecule has 2 amide bonds. The molecule has 0 bridgehead atoms. The van der Waals surface area contributed by atoms with Gasteiger partial charge in [-0.1, -0.05) is 12.1 Å². The lowest BCUT2D eigenvalue weighted by molar-refractivity contribution is -0.113. The van der Waals surface area contributed by atoms with Crippen LogP contribution in [0, 0.1) is 0 Å². The van der Waals surface area contributed by atoms with Crippen LogP contribution in [-0.4, -0.2) is 53.0 Å². The first-order valence-electron chi connectivity index (χ1n) is 10.8. The molecule has 2 N–H and O–H groups in total. The Kier molecular flexibility index (Phi) is 4.84. The van der Waals surface area contributed by atoms with Crippen LogP contribution in [0.1, 0.15) is 11.5 Å². The number of hydrogen-bond donors (Lipinski definition) is 2. The van der Waals surface area contributed by atoms with Gasteiger partial charge in [-0.25, -0.2) is 9.78 Å². The molecule has 0 aliphatic carbocycles. The second-order valence-electron chi connectivity index (χ2n) is 8.41. The van der Waals surface area contributed by atoms with Crippen LogP contribution in [0.2, 0.25) is 0 Å². The molecule has 2 aromatic carbocycles. The number of thioether (sulfide) groups is 1. The lowest BCUT2D eigenvalue weighted by Crippen LogP contribution is -2.33. The highest BCUT2D eigenvalue weighted by atomic mass is 32.2. The van der Waals surface area contributed by atoms with E-state index in [1.54, 1.807) is 9.47 Å². The third kappa shape index (κ3) is 3.55. The fourth-order valence-corrected chi connectivity index (χ4v) is 5.54. The number of fused-ring (bicyclic) bond motifs is 1. The van der Waals surface area contributed by atoms with E-state index >= 15 is 0 Å². The zero-order valence-corrected chi connectivity index (χ0v) is 18.4. The van der Waals surface area contributed by atoms with Gasteiger partial charge >= 0.3 is 6.09 Å². The molecule has 1 saturated heterocycles.